The lowest BCUT2D eigenvalue weighted by Crippen LogP contribution is -2.43. The number of nitrogens with zero attached hydrogens (tertiary/aromatic N) is 3. The SMILES string of the molecule is CCC1CCCCN1C(=O)c1ccccc1-c1nc(-c2ccc(C)cc2)no1. The minimum Gasteiger partial charge on any atom is -0.336 e. The van der Waals surface area contributed by atoms with Gasteiger partial charge in [0.15, 0.2) is 0 Å². The van der Waals surface area contributed by atoms with Crippen LogP contribution in [0.3, 0.4) is 0 Å². The van der Waals surface area contributed by atoms with E-state index in [2.05, 4.69) is 17.1 Å². The van der Waals surface area contributed by atoms with Crippen LogP contribution in [-0.2, 0) is 0 Å². The van der Waals surface area contributed by atoms with E-state index in [9.17, 15) is 4.79 Å². The second-order valence-electron chi connectivity index (χ2n) is 7.39. The minimum atomic E-state index is 0.0530. The molecule has 0 radical (unpaired) electrons. The Morgan fingerprint density at radius 2 is 1.93 bits per heavy atom. The maximum absolute atomic E-state index is 13.3. The van der Waals surface area contributed by atoms with E-state index in [0.717, 1.165) is 31.4 Å². The van der Waals surface area contributed by atoms with Gasteiger partial charge in [0, 0.05) is 18.2 Å². The predicted molar refractivity (Wildman–Crippen MR) is 109 cm³/mol. The molecule has 1 unspecified atom stereocenters. The van der Waals surface area contributed by atoms with Crippen LogP contribution in [-0.4, -0.2) is 33.5 Å². The van der Waals surface area contributed by atoms with Gasteiger partial charge in [-0.1, -0.05) is 54.0 Å². The number of likely N-dealkylation sites (tertiary alicyclic amines) is 1. The Kier molecular flexibility index (Phi) is 5.24. The van der Waals surface area contributed by atoms with Crippen LogP contribution in [0, 0.1) is 6.92 Å². The first kappa shape index (κ1) is 18.4. The number of piperidine rings is 1. The molecule has 4 rings (SSSR count). The first-order valence-corrected chi connectivity index (χ1v) is 9.98. The molecule has 0 bridgehead atoms. The fourth-order valence-corrected chi connectivity index (χ4v) is 3.86. The molecule has 1 aliphatic heterocycles. The van der Waals surface area contributed by atoms with Crippen LogP contribution in [0.2, 0.25) is 0 Å². The van der Waals surface area contributed by atoms with Crippen molar-refractivity contribution in [3.8, 4) is 22.8 Å². The van der Waals surface area contributed by atoms with Crippen LogP contribution in [0.5, 0.6) is 0 Å². The van der Waals surface area contributed by atoms with Crippen LogP contribution < -0.4 is 0 Å². The van der Waals surface area contributed by atoms with Gasteiger partial charge in [-0.15, -0.1) is 0 Å². The molecule has 1 amide bonds. The Morgan fingerprint density at radius 3 is 2.71 bits per heavy atom. The summed E-state index contributed by atoms with van der Waals surface area (Å²) in [5, 5.41) is 4.13. The average Bonchev–Trinajstić information content (AvgIpc) is 3.24. The van der Waals surface area contributed by atoms with Crippen LogP contribution in [0.4, 0.5) is 0 Å². The van der Waals surface area contributed by atoms with Crippen molar-refractivity contribution in [2.75, 3.05) is 6.54 Å². The van der Waals surface area contributed by atoms with E-state index < -0.39 is 0 Å². The molecule has 2 aromatic carbocycles. The molecule has 5 heteroatoms. The number of aromatic nitrogens is 2. The fraction of sp³-hybridized carbons (Fsp3) is 0.348. The van der Waals surface area contributed by atoms with E-state index in [4.69, 9.17) is 4.52 Å². The van der Waals surface area contributed by atoms with E-state index in [-0.39, 0.29) is 5.91 Å². The van der Waals surface area contributed by atoms with Gasteiger partial charge in [0.05, 0.1) is 11.1 Å². The molecule has 1 fully saturated rings. The maximum Gasteiger partial charge on any atom is 0.259 e. The topological polar surface area (TPSA) is 59.2 Å². The fourth-order valence-electron chi connectivity index (χ4n) is 3.86. The third kappa shape index (κ3) is 3.57. The molecule has 3 aromatic rings. The standard InChI is InChI=1S/C23H25N3O2/c1-3-18-8-6-7-15-26(18)23(27)20-10-5-4-9-19(20)22-24-21(25-28-22)17-13-11-16(2)12-14-17/h4-5,9-14,18H,3,6-8,15H2,1-2H3. The summed E-state index contributed by atoms with van der Waals surface area (Å²) in [6.45, 7) is 5.00. The molecule has 1 aliphatic rings. The highest BCUT2D eigenvalue weighted by Crippen LogP contribution is 2.28. The molecule has 2 heterocycles. The van der Waals surface area contributed by atoms with Gasteiger partial charge >= 0.3 is 0 Å². The third-order valence-corrected chi connectivity index (χ3v) is 5.48. The molecule has 0 spiro atoms. The molecule has 0 saturated carbocycles. The summed E-state index contributed by atoms with van der Waals surface area (Å²) in [7, 11) is 0. The number of carbonyl (C=O) groups is 1. The Balaban J connectivity index is 1.67. The van der Waals surface area contributed by atoms with Gasteiger partial charge in [-0.2, -0.15) is 4.98 Å². The van der Waals surface area contributed by atoms with Crippen LogP contribution in [0.15, 0.2) is 53.1 Å². The molecule has 1 aromatic heterocycles. The molecule has 5 nitrogen and oxygen atoms in total. The summed E-state index contributed by atoms with van der Waals surface area (Å²) in [4.78, 5) is 19.9. The normalized spacial score (nSPS) is 16.9. The first-order valence-electron chi connectivity index (χ1n) is 9.98. The van der Waals surface area contributed by atoms with Crippen molar-refractivity contribution in [1.82, 2.24) is 15.0 Å². The van der Waals surface area contributed by atoms with Gasteiger partial charge in [0.25, 0.3) is 11.8 Å². The molecule has 28 heavy (non-hydrogen) atoms. The number of amides is 1. The Morgan fingerprint density at radius 1 is 1.14 bits per heavy atom. The number of rotatable bonds is 4. The highest BCUT2D eigenvalue weighted by molar-refractivity contribution is 6.00. The summed E-state index contributed by atoms with van der Waals surface area (Å²) in [6.07, 6.45) is 4.30. The zero-order valence-corrected chi connectivity index (χ0v) is 16.4. The second-order valence-corrected chi connectivity index (χ2v) is 7.39. The van der Waals surface area contributed by atoms with E-state index in [1.165, 1.54) is 12.0 Å². The maximum atomic E-state index is 13.3. The van der Waals surface area contributed by atoms with Crippen molar-refractivity contribution in [3.63, 3.8) is 0 Å². The zero-order valence-electron chi connectivity index (χ0n) is 16.4. The number of aryl methyl sites for hydroxylation is 1. The third-order valence-electron chi connectivity index (χ3n) is 5.48. The van der Waals surface area contributed by atoms with Crippen molar-refractivity contribution in [2.45, 2.75) is 45.6 Å². The largest absolute Gasteiger partial charge is 0.336 e. The number of hydrogen-bond acceptors (Lipinski definition) is 4. The lowest BCUT2D eigenvalue weighted by atomic mass is 9.97. The second kappa shape index (κ2) is 7.97. The smallest absolute Gasteiger partial charge is 0.259 e. The molecule has 1 atom stereocenters. The number of benzene rings is 2. The van der Waals surface area contributed by atoms with Gasteiger partial charge in [-0.05, 0) is 44.7 Å². The summed E-state index contributed by atoms with van der Waals surface area (Å²) in [5.41, 5.74) is 3.39. The molecule has 0 aliphatic carbocycles. The highest BCUT2D eigenvalue weighted by Gasteiger charge is 2.28. The van der Waals surface area contributed by atoms with Crippen LogP contribution >= 0.6 is 0 Å². The molecule has 144 valence electrons. The van der Waals surface area contributed by atoms with Crippen molar-refractivity contribution in [3.05, 3.63) is 59.7 Å². The van der Waals surface area contributed by atoms with Crippen molar-refractivity contribution in [1.29, 1.82) is 0 Å². The molecular weight excluding hydrogens is 350 g/mol. The van der Waals surface area contributed by atoms with Crippen LogP contribution in [0.25, 0.3) is 22.8 Å². The lowest BCUT2D eigenvalue weighted by Gasteiger charge is -2.35. The van der Waals surface area contributed by atoms with E-state index in [0.29, 0.717) is 28.9 Å². The first-order chi connectivity index (χ1) is 13.7. The monoisotopic (exact) mass is 375 g/mol. The van der Waals surface area contributed by atoms with Gasteiger partial charge in [0.1, 0.15) is 0 Å². The number of hydrogen-bond donors (Lipinski definition) is 0. The van der Waals surface area contributed by atoms with E-state index >= 15 is 0 Å². The van der Waals surface area contributed by atoms with Crippen LogP contribution in [0.1, 0.15) is 48.5 Å². The zero-order chi connectivity index (χ0) is 19.5. The molecular formula is C23H25N3O2. The quantitative estimate of drug-likeness (QED) is 0.635. The van der Waals surface area contributed by atoms with Crippen molar-refractivity contribution < 1.29 is 9.32 Å². The Labute approximate surface area is 165 Å². The summed E-state index contributed by atoms with van der Waals surface area (Å²) in [6, 6.07) is 15.8. The van der Waals surface area contributed by atoms with Crippen molar-refractivity contribution in [2.24, 2.45) is 0 Å². The Hall–Kier alpha value is -2.95. The molecule has 0 N–H and O–H groups in total. The van der Waals surface area contributed by atoms with Gasteiger partial charge < -0.3 is 9.42 Å². The van der Waals surface area contributed by atoms with E-state index in [1.54, 1.807) is 0 Å². The lowest BCUT2D eigenvalue weighted by molar-refractivity contribution is 0.0608. The highest BCUT2D eigenvalue weighted by atomic mass is 16.5. The summed E-state index contributed by atoms with van der Waals surface area (Å²) < 4.78 is 5.53. The number of carbonyl (C=O) groups excluding carboxylic acids is 1. The minimum absolute atomic E-state index is 0.0530. The average molecular weight is 375 g/mol. The predicted octanol–water partition coefficient (Wildman–Crippen LogP) is 5.12. The molecule has 1 saturated heterocycles. The Bertz CT molecular complexity index is 962. The van der Waals surface area contributed by atoms with E-state index in [1.807, 2.05) is 60.4 Å². The van der Waals surface area contributed by atoms with Gasteiger partial charge in [-0.3, -0.25) is 4.79 Å². The summed E-state index contributed by atoms with van der Waals surface area (Å²) in [5.74, 6) is 0.962. The van der Waals surface area contributed by atoms with Crippen molar-refractivity contribution >= 4 is 5.91 Å². The van der Waals surface area contributed by atoms with Gasteiger partial charge in [-0.25, -0.2) is 0 Å². The van der Waals surface area contributed by atoms with Gasteiger partial charge in [0.2, 0.25) is 5.82 Å². The summed E-state index contributed by atoms with van der Waals surface area (Å²) >= 11 is 0.